The summed E-state index contributed by atoms with van der Waals surface area (Å²) in [5.41, 5.74) is -1.60. The zero-order chi connectivity index (χ0) is 23.3. The number of aromatic amines is 1. The van der Waals surface area contributed by atoms with Crippen LogP contribution in [0.4, 0.5) is 0 Å². The number of aromatic nitrogens is 2. The molecular weight excluding hydrogens is 420 g/mol. The average Bonchev–Trinajstić information content (AvgIpc) is 2.63. The summed E-state index contributed by atoms with van der Waals surface area (Å²) in [5.74, 6) is -3.07. The second kappa shape index (κ2) is 10.0. The summed E-state index contributed by atoms with van der Waals surface area (Å²) in [5, 5.41) is 0. The van der Waals surface area contributed by atoms with Gasteiger partial charge in [-0.3, -0.25) is 33.5 Å². The number of nitrogens with zero attached hydrogens (tertiary/aromatic N) is 1. The third-order valence-electron chi connectivity index (χ3n) is 4.09. The first-order valence-electron chi connectivity index (χ1n) is 9.11. The van der Waals surface area contributed by atoms with Gasteiger partial charge in [-0.15, -0.1) is 0 Å². The molecule has 0 saturated carbocycles. The number of esters is 4. The molecule has 1 aliphatic rings. The van der Waals surface area contributed by atoms with Gasteiger partial charge in [0.05, 0.1) is 0 Å². The highest BCUT2D eigenvalue weighted by Crippen LogP contribution is 2.33. The van der Waals surface area contributed by atoms with Crippen LogP contribution in [-0.2, 0) is 42.9 Å². The normalized spacial score (nSPS) is 25.2. The number of H-pyrrole nitrogens is 1. The zero-order valence-electron chi connectivity index (χ0n) is 17.2. The van der Waals surface area contributed by atoms with Crippen molar-refractivity contribution in [3.05, 3.63) is 33.1 Å². The molecule has 1 N–H and O–H groups in total. The van der Waals surface area contributed by atoms with Crippen molar-refractivity contribution in [2.75, 3.05) is 6.61 Å². The fraction of sp³-hybridized carbons (Fsp3) is 0.556. The van der Waals surface area contributed by atoms with E-state index in [1.807, 2.05) is 4.98 Å². The standard InChI is InChI=1S/C18H22N2O11/c1-8(21)27-7-12-14(28-9(2)22)15(29-10(3)23)16(30-11(4)24)17(31-12)20-6-5-13(25)19-18(20)26/h5-6,12,14-17H,7H2,1-4H3,(H,19,25,26)/t12-,14-,15+,16-,17-/m1/s1. The van der Waals surface area contributed by atoms with E-state index in [4.69, 9.17) is 23.7 Å². The van der Waals surface area contributed by atoms with E-state index < -0.39 is 72.4 Å². The molecule has 0 bridgehead atoms. The molecule has 0 unspecified atom stereocenters. The molecule has 0 spiro atoms. The van der Waals surface area contributed by atoms with Crippen LogP contribution in [0.2, 0.25) is 0 Å². The smallest absolute Gasteiger partial charge is 0.330 e. The molecule has 0 amide bonds. The fourth-order valence-electron chi connectivity index (χ4n) is 3.06. The van der Waals surface area contributed by atoms with Crippen LogP contribution in [0, 0.1) is 0 Å². The van der Waals surface area contributed by atoms with Crippen molar-refractivity contribution in [1.82, 2.24) is 9.55 Å². The van der Waals surface area contributed by atoms with Crippen LogP contribution in [0.1, 0.15) is 33.9 Å². The van der Waals surface area contributed by atoms with E-state index in [1.54, 1.807) is 0 Å². The molecule has 13 nitrogen and oxygen atoms in total. The van der Waals surface area contributed by atoms with Crippen LogP contribution in [0.25, 0.3) is 0 Å². The number of carbonyl (C=O) groups is 4. The van der Waals surface area contributed by atoms with E-state index in [2.05, 4.69) is 0 Å². The molecule has 31 heavy (non-hydrogen) atoms. The molecule has 1 saturated heterocycles. The molecule has 170 valence electrons. The van der Waals surface area contributed by atoms with Gasteiger partial charge in [0.2, 0.25) is 0 Å². The van der Waals surface area contributed by atoms with Gasteiger partial charge in [0, 0.05) is 40.0 Å². The second-order valence-electron chi connectivity index (χ2n) is 6.61. The Kier molecular flexibility index (Phi) is 7.69. The maximum Gasteiger partial charge on any atom is 0.330 e. The fourth-order valence-corrected chi connectivity index (χ4v) is 3.06. The van der Waals surface area contributed by atoms with E-state index in [0.29, 0.717) is 0 Å². The van der Waals surface area contributed by atoms with Crippen LogP contribution >= 0.6 is 0 Å². The first-order chi connectivity index (χ1) is 14.5. The molecule has 1 aromatic heterocycles. The Morgan fingerprint density at radius 3 is 1.97 bits per heavy atom. The molecule has 2 heterocycles. The van der Waals surface area contributed by atoms with E-state index >= 15 is 0 Å². The Morgan fingerprint density at radius 2 is 1.45 bits per heavy atom. The average molecular weight is 442 g/mol. The van der Waals surface area contributed by atoms with Crippen molar-refractivity contribution in [2.45, 2.75) is 58.3 Å². The molecule has 1 aromatic rings. The quantitative estimate of drug-likeness (QED) is 0.414. The van der Waals surface area contributed by atoms with Gasteiger partial charge in [-0.2, -0.15) is 0 Å². The summed E-state index contributed by atoms with van der Waals surface area (Å²) in [6, 6.07) is 1.02. The number of carbonyl (C=O) groups excluding carboxylic acids is 4. The summed E-state index contributed by atoms with van der Waals surface area (Å²) in [7, 11) is 0. The molecule has 5 atom stereocenters. The maximum absolute atomic E-state index is 12.3. The van der Waals surface area contributed by atoms with E-state index in [0.717, 1.165) is 44.5 Å². The van der Waals surface area contributed by atoms with Gasteiger partial charge in [0.15, 0.2) is 24.5 Å². The van der Waals surface area contributed by atoms with Gasteiger partial charge in [0.25, 0.3) is 5.56 Å². The van der Waals surface area contributed by atoms with E-state index in [1.165, 1.54) is 0 Å². The lowest BCUT2D eigenvalue weighted by molar-refractivity contribution is -0.269. The monoisotopic (exact) mass is 442 g/mol. The highest BCUT2D eigenvalue weighted by Gasteiger charge is 2.53. The van der Waals surface area contributed by atoms with Gasteiger partial charge in [-0.25, -0.2) is 4.79 Å². The van der Waals surface area contributed by atoms with Gasteiger partial charge >= 0.3 is 29.6 Å². The summed E-state index contributed by atoms with van der Waals surface area (Å²) in [4.78, 5) is 72.3. The van der Waals surface area contributed by atoms with Crippen LogP contribution in [0.5, 0.6) is 0 Å². The minimum atomic E-state index is -1.46. The lowest BCUT2D eigenvalue weighted by atomic mass is 9.97. The Labute approximate surface area is 175 Å². The topological polar surface area (TPSA) is 169 Å². The molecule has 1 fully saturated rings. The van der Waals surface area contributed by atoms with Crippen molar-refractivity contribution in [2.24, 2.45) is 0 Å². The van der Waals surface area contributed by atoms with Crippen LogP contribution in [0.3, 0.4) is 0 Å². The number of ether oxygens (including phenoxy) is 5. The van der Waals surface area contributed by atoms with Crippen molar-refractivity contribution in [3.63, 3.8) is 0 Å². The summed E-state index contributed by atoms with van der Waals surface area (Å²) in [6.07, 6.45) is -5.79. The number of nitrogens with one attached hydrogen (secondary N) is 1. The van der Waals surface area contributed by atoms with Crippen LogP contribution < -0.4 is 11.2 Å². The van der Waals surface area contributed by atoms with E-state index in [-0.39, 0.29) is 0 Å². The lowest BCUT2D eigenvalue weighted by Crippen LogP contribution is -2.61. The highest BCUT2D eigenvalue weighted by molar-refractivity contribution is 5.68. The van der Waals surface area contributed by atoms with Gasteiger partial charge in [0.1, 0.15) is 12.7 Å². The van der Waals surface area contributed by atoms with Crippen molar-refractivity contribution in [3.8, 4) is 0 Å². The minimum absolute atomic E-state index is 0.438. The molecule has 0 aromatic carbocycles. The van der Waals surface area contributed by atoms with Crippen LogP contribution in [0.15, 0.2) is 21.9 Å². The minimum Gasteiger partial charge on any atom is -0.463 e. The molecule has 13 heteroatoms. The molecule has 0 aliphatic carbocycles. The maximum atomic E-state index is 12.3. The lowest BCUT2D eigenvalue weighted by Gasteiger charge is -2.44. The summed E-state index contributed by atoms with van der Waals surface area (Å²) in [6.45, 7) is 3.94. The number of hydrogen-bond acceptors (Lipinski definition) is 11. The Morgan fingerprint density at radius 1 is 0.903 bits per heavy atom. The third kappa shape index (κ3) is 6.25. The van der Waals surface area contributed by atoms with Gasteiger partial charge in [-0.05, 0) is 0 Å². The SMILES string of the molecule is CC(=O)OC[C@H]1O[C@@H](n2ccc(=O)[nH]c2=O)[C@H](OC(C)=O)[C@@H](OC(C)=O)[C@@H]1OC(C)=O. The number of hydrogen-bond donors (Lipinski definition) is 1. The van der Waals surface area contributed by atoms with E-state index in [9.17, 15) is 28.8 Å². The second-order valence-corrected chi connectivity index (χ2v) is 6.61. The van der Waals surface area contributed by atoms with Crippen molar-refractivity contribution < 1.29 is 42.9 Å². The van der Waals surface area contributed by atoms with Gasteiger partial charge < -0.3 is 23.7 Å². The Hall–Kier alpha value is -3.48. The predicted octanol–water partition coefficient (Wildman–Crippen LogP) is -1.21. The molecule has 2 rings (SSSR count). The highest BCUT2D eigenvalue weighted by atomic mass is 16.7. The Bertz CT molecular complexity index is 966. The molecular formula is C18H22N2O11. The van der Waals surface area contributed by atoms with Crippen molar-refractivity contribution >= 4 is 23.9 Å². The summed E-state index contributed by atoms with van der Waals surface area (Å²) < 4.78 is 27.4. The first kappa shape index (κ1) is 23.8. The predicted molar refractivity (Wildman–Crippen MR) is 98.5 cm³/mol. The van der Waals surface area contributed by atoms with Crippen molar-refractivity contribution in [1.29, 1.82) is 0 Å². The number of rotatable bonds is 6. The third-order valence-corrected chi connectivity index (χ3v) is 4.09. The largest absolute Gasteiger partial charge is 0.463 e. The zero-order valence-corrected chi connectivity index (χ0v) is 17.2. The Balaban J connectivity index is 2.60. The van der Waals surface area contributed by atoms with Crippen LogP contribution in [-0.4, -0.2) is 64.5 Å². The molecule has 1 aliphatic heterocycles. The molecule has 0 radical (unpaired) electrons. The first-order valence-corrected chi connectivity index (χ1v) is 9.11. The van der Waals surface area contributed by atoms with Gasteiger partial charge in [-0.1, -0.05) is 0 Å². The summed E-state index contributed by atoms with van der Waals surface area (Å²) >= 11 is 0.